The Hall–Kier alpha value is -2.83. The average molecular weight is 681 g/mol. The number of unbranched alkanes of at least 4 members (excludes halogenated alkanes) is 3. The fraction of sp³-hybridized carbons (Fsp3) is 0.636. The van der Waals surface area contributed by atoms with Gasteiger partial charge in [0, 0.05) is 54.6 Å². The minimum atomic E-state index is -0.363. The van der Waals surface area contributed by atoms with Gasteiger partial charge in [-0.3, -0.25) is 9.59 Å². The van der Waals surface area contributed by atoms with Gasteiger partial charge < -0.3 is 15.0 Å². The Morgan fingerprint density at radius 3 is 2.56 bits per heavy atom. The Kier molecular flexibility index (Phi) is 9.56. The number of carbonyl (C=O) groups is 2. The largest absolute Gasteiger partial charge is 0.378 e. The molecule has 5 nitrogen and oxygen atoms in total. The molecule has 0 spiro atoms. The van der Waals surface area contributed by atoms with Gasteiger partial charge in [0.25, 0.3) is 0 Å². The van der Waals surface area contributed by atoms with E-state index in [1.807, 2.05) is 0 Å². The van der Waals surface area contributed by atoms with Crippen LogP contribution in [-0.4, -0.2) is 35.8 Å². The lowest BCUT2D eigenvalue weighted by Gasteiger charge is -2.60. The second-order valence-corrected chi connectivity index (χ2v) is 17.3. The fourth-order valence-corrected chi connectivity index (χ4v) is 11.9. The molecule has 5 aliphatic carbocycles. The first-order valence-electron chi connectivity index (χ1n) is 20.1. The summed E-state index contributed by atoms with van der Waals surface area (Å²) >= 11 is 0. The maximum Gasteiger partial charge on any atom is 0.163 e. The Bertz CT molecular complexity index is 1730. The Balaban J connectivity index is 0.752. The van der Waals surface area contributed by atoms with Crippen molar-refractivity contribution >= 4 is 22.5 Å². The average Bonchev–Trinajstić information content (AvgIpc) is 3.58. The van der Waals surface area contributed by atoms with Crippen LogP contribution in [0.25, 0.3) is 22.2 Å². The number of H-pyrrole nitrogens is 1. The zero-order chi connectivity index (χ0) is 34.5. The van der Waals surface area contributed by atoms with Gasteiger partial charge >= 0.3 is 0 Å². The highest BCUT2D eigenvalue weighted by molar-refractivity contribution is 6.11. The number of fused-ring (bicyclic) bond motifs is 5. The van der Waals surface area contributed by atoms with Gasteiger partial charge in [0.05, 0.1) is 6.10 Å². The normalized spacial score (nSPS) is 32.1. The number of ether oxygens (including phenoxy) is 1. The molecule has 6 heteroatoms. The van der Waals surface area contributed by atoms with Gasteiger partial charge in [-0.2, -0.15) is 0 Å². The molecule has 0 saturated heterocycles. The zero-order valence-electron chi connectivity index (χ0n) is 30.4. The first-order valence-corrected chi connectivity index (χ1v) is 20.1. The second-order valence-electron chi connectivity index (χ2n) is 17.3. The minimum absolute atomic E-state index is 0.0370. The summed E-state index contributed by atoms with van der Waals surface area (Å²) in [5.74, 6) is 3.29. The van der Waals surface area contributed by atoms with E-state index in [2.05, 4.69) is 48.4 Å². The molecular formula is C44H57FN2O3. The molecule has 5 aliphatic rings. The van der Waals surface area contributed by atoms with Crippen LogP contribution in [0.1, 0.15) is 132 Å². The monoisotopic (exact) mass is 680 g/mol. The summed E-state index contributed by atoms with van der Waals surface area (Å²) in [5.41, 5.74) is 6.45. The summed E-state index contributed by atoms with van der Waals surface area (Å²) < 4.78 is 21.0. The smallest absolute Gasteiger partial charge is 0.163 e. The first-order chi connectivity index (χ1) is 24.2. The van der Waals surface area contributed by atoms with E-state index >= 15 is 0 Å². The van der Waals surface area contributed by atoms with Crippen molar-refractivity contribution in [3.63, 3.8) is 0 Å². The number of nitrogens with one attached hydrogen (secondary N) is 2. The Labute approximate surface area is 297 Å². The van der Waals surface area contributed by atoms with Crippen molar-refractivity contribution in [3.8, 4) is 11.3 Å². The molecule has 268 valence electrons. The topological polar surface area (TPSA) is 71.2 Å². The van der Waals surface area contributed by atoms with Gasteiger partial charge in [-0.1, -0.05) is 51.0 Å². The van der Waals surface area contributed by atoms with Crippen LogP contribution in [0.5, 0.6) is 0 Å². The molecule has 2 N–H and O–H groups in total. The lowest BCUT2D eigenvalue weighted by atomic mass is 9.45. The van der Waals surface area contributed by atoms with Crippen LogP contribution in [0, 0.1) is 40.3 Å². The summed E-state index contributed by atoms with van der Waals surface area (Å²) in [5, 5.41) is 4.52. The molecule has 0 bridgehead atoms. The number of aromatic amines is 1. The lowest BCUT2D eigenvalue weighted by molar-refractivity contribution is -0.145. The molecule has 0 aliphatic heterocycles. The van der Waals surface area contributed by atoms with Crippen molar-refractivity contribution < 1.29 is 18.7 Å². The number of aryl methyl sites for hydroxylation is 1. The van der Waals surface area contributed by atoms with Gasteiger partial charge in [-0.15, -0.1) is 0 Å². The highest BCUT2D eigenvalue weighted by Gasteiger charge is 2.60. The molecule has 4 saturated carbocycles. The number of carbonyl (C=O) groups excluding carboxylic acids is 2. The molecule has 0 radical (unpaired) electrons. The number of rotatable bonds is 11. The van der Waals surface area contributed by atoms with Crippen LogP contribution in [0.15, 0.2) is 36.4 Å². The number of ketones is 2. The van der Waals surface area contributed by atoms with E-state index in [4.69, 9.17) is 4.74 Å². The van der Waals surface area contributed by atoms with E-state index < -0.39 is 0 Å². The van der Waals surface area contributed by atoms with Crippen LogP contribution in [0.3, 0.4) is 0 Å². The zero-order valence-corrected chi connectivity index (χ0v) is 30.4. The van der Waals surface area contributed by atoms with E-state index in [-0.39, 0.29) is 11.6 Å². The maximum atomic E-state index is 14.3. The molecule has 50 heavy (non-hydrogen) atoms. The predicted molar refractivity (Wildman–Crippen MR) is 198 cm³/mol. The van der Waals surface area contributed by atoms with Crippen LogP contribution in [0.4, 0.5) is 4.39 Å². The van der Waals surface area contributed by atoms with E-state index in [1.54, 1.807) is 0 Å². The standard InChI is InChI=1S/C44H57FN2O3/c1-43-20-18-32(48)24-30(43)14-15-33-36-16-17-40(44(36,2)21-19-37(33)43)50-23-6-4-3-5-22-46-27-28-10-12-29(13-11-28)42-34-8-7-9-39(49)35-25-31(45)26-38(47-42)41(34)35/h10-13,25-26,30,33,36-37,40,46-47H,3-9,14-24,27H2,1-2H3/t30-,33-,36-,37-,40?,43-,44-/m0/s1. The molecular weight excluding hydrogens is 623 g/mol. The summed E-state index contributed by atoms with van der Waals surface area (Å²) in [7, 11) is 0. The number of hydrogen-bond acceptors (Lipinski definition) is 4. The molecule has 1 unspecified atom stereocenters. The van der Waals surface area contributed by atoms with Crippen molar-refractivity contribution in [1.29, 1.82) is 0 Å². The first kappa shape index (κ1) is 34.3. The van der Waals surface area contributed by atoms with Crippen molar-refractivity contribution in [2.24, 2.45) is 34.5 Å². The van der Waals surface area contributed by atoms with Crippen molar-refractivity contribution in [2.75, 3.05) is 13.2 Å². The van der Waals surface area contributed by atoms with Crippen molar-refractivity contribution in [1.82, 2.24) is 10.3 Å². The fourth-order valence-electron chi connectivity index (χ4n) is 11.9. The summed E-state index contributed by atoms with van der Waals surface area (Å²) in [6, 6.07) is 11.5. The third-order valence-electron chi connectivity index (χ3n) is 14.6. The number of aromatic nitrogens is 1. The number of halogens is 1. The highest BCUT2D eigenvalue weighted by Crippen LogP contribution is 2.66. The van der Waals surface area contributed by atoms with Gasteiger partial charge in [-0.25, -0.2) is 4.39 Å². The molecule has 4 fully saturated rings. The van der Waals surface area contributed by atoms with E-state index in [0.717, 1.165) is 98.2 Å². The predicted octanol–water partition coefficient (Wildman–Crippen LogP) is 10.1. The van der Waals surface area contributed by atoms with Crippen LogP contribution in [-0.2, 0) is 22.5 Å². The molecule has 1 aromatic heterocycles. The second kappa shape index (κ2) is 14.0. The van der Waals surface area contributed by atoms with Crippen LogP contribution >= 0.6 is 0 Å². The summed E-state index contributed by atoms with van der Waals surface area (Å²) in [6.45, 7) is 7.86. The highest BCUT2D eigenvalue weighted by atomic mass is 19.1. The number of hydrogen-bond donors (Lipinski definition) is 2. The summed E-state index contributed by atoms with van der Waals surface area (Å²) in [6.07, 6.45) is 17.9. The molecule has 7 atom stereocenters. The molecule has 8 rings (SSSR count). The third kappa shape index (κ3) is 6.21. The molecule has 1 heterocycles. The van der Waals surface area contributed by atoms with Crippen LogP contribution < -0.4 is 5.32 Å². The van der Waals surface area contributed by atoms with Crippen molar-refractivity contribution in [3.05, 3.63) is 58.9 Å². The number of Topliss-reactive ketones (excluding diaryl/α,β-unsaturated/α-hetero) is 2. The van der Waals surface area contributed by atoms with Crippen LogP contribution in [0.2, 0.25) is 0 Å². The lowest BCUT2D eigenvalue weighted by Crippen LogP contribution is -2.54. The Morgan fingerprint density at radius 1 is 0.880 bits per heavy atom. The van der Waals surface area contributed by atoms with Crippen molar-refractivity contribution in [2.45, 2.75) is 129 Å². The minimum Gasteiger partial charge on any atom is -0.378 e. The number of benzene rings is 2. The van der Waals surface area contributed by atoms with Gasteiger partial charge in [0.1, 0.15) is 11.6 Å². The van der Waals surface area contributed by atoms with Gasteiger partial charge in [-0.05, 0) is 140 Å². The summed E-state index contributed by atoms with van der Waals surface area (Å²) in [4.78, 5) is 28.3. The van der Waals surface area contributed by atoms with E-state index in [9.17, 15) is 14.0 Å². The molecule has 3 aromatic rings. The quantitative estimate of drug-likeness (QED) is 0.198. The van der Waals surface area contributed by atoms with E-state index in [1.165, 1.54) is 75.5 Å². The Morgan fingerprint density at radius 2 is 1.70 bits per heavy atom. The van der Waals surface area contributed by atoms with E-state index in [0.29, 0.717) is 46.1 Å². The van der Waals surface area contributed by atoms with Gasteiger partial charge in [0.15, 0.2) is 5.78 Å². The van der Waals surface area contributed by atoms with Gasteiger partial charge in [0.2, 0.25) is 0 Å². The third-order valence-corrected chi connectivity index (χ3v) is 14.6. The molecule has 0 amide bonds. The molecule has 2 aromatic carbocycles. The SMILES string of the molecule is C[C@]12CCC(=O)C[C@@H]1CC[C@@H]1[C@@H]2CC[C@]2(C)C(OCCCCCCNCc3ccc(-c4[nH]c5cc(F)cc6c5c4CCCC6=O)cc3)CC[C@@H]12. The maximum absolute atomic E-state index is 14.3.